The summed E-state index contributed by atoms with van der Waals surface area (Å²) in [5, 5.41) is 3.03. The third-order valence-corrected chi connectivity index (χ3v) is 9.88. The number of rotatable bonds is 13. The summed E-state index contributed by atoms with van der Waals surface area (Å²) in [4.78, 5) is 30.1. The molecule has 4 aromatic rings. The Morgan fingerprint density at radius 1 is 0.739 bits per heavy atom. The molecule has 46 heavy (non-hydrogen) atoms. The van der Waals surface area contributed by atoms with Crippen molar-refractivity contribution in [1.82, 2.24) is 10.2 Å². The molecule has 0 radical (unpaired) electrons. The number of nitrogens with zero attached hydrogens (tertiary/aromatic N) is 2. The Bertz CT molecular complexity index is 1740. The standard InChI is InChI=1S/C38H45N3O4S/c1-27(2)24-39-38(43)36(23-32-10-8-7-9-11-32)40(25-33-17-12-28(3)13-18-33)37(42)26-41(34-19-16-30(5)31(6)22-34)46(44,45)35-20-14-29(4)15-21-35/h7-22,27,36H,23-26H2,1-6H3,(H,39,43)/t36-/m1/s1. The molecule has 0 bridgehead atoms. The van der Waals surface area contributed by atoms with E-state index in [4.69, 9.17) is 0 Å². The number of amides is 2. The van der Waals surface area contributed by atoms with Crippen LogP contribution in [-0.2, 0) is 32.6 Å². The van der Waals surface area contributed by atoms with Crippen molar-refractivity contribution in [3.05, 3.63) is 130 Å². The Kier molecular flexibility index (Phi) is 11.4. The van der Waals surface area contributed by atoms with Crippen LogP contribution in [-0.4, -0.2) is 44.3 Å². The van der Waals surface area contributed by atoms with Crippen LogP contribution in [0.4, 0.5) is 5.69 Å². The third-order valence-electron chi connectivity index (χ3n) is 8.10. The smallest absolute Gasteiger partial charge is 0.264 e. The Morgan fingerprint density at radius 2 is 1.35 bits per heavy atom. The van der Waals surface area contributed by atoms with Crippen LogP contribution in [0, 0.1) is 33.6 Å². The van der Waals surface area contributed by atoms with Crippen LogP contribution < -0.4 is 9.62 Å². The van der Waals surface area contributed by atoms with Gasteiger partial charge in [-0.25, -0.2) is 8.42 Å². The molecule has 0 aliphatic heterocycles. The zero-order chi connectivity index (χ0) is 33.4. The molecule has 0 spiro atoms. The van der Waals surface area contributed by atoms with E-state index in [0.29, 0.717) is 12.2 Å². The van der Waals surface area contributed by atoms with Gasteiger partial charge in [0, 0.05) is 19.5 Å². The van der Waals surface area contributed by atoms with Crippen molar-refractivity contribution in [3.63, 3.8) is 0 Å². The molecule has 0 aliphatic rings. The molecule has 4 rings (SSSR count). The van der Waals surface area contributed by atoms with Gasteiger partial charge in [0.1, 0.15) is 12.6 Å². The van der Waals surface area contributed by atoms with Gasteiger partial charge < -0.3 is 10.2 Å². The normalized spacial score (nSPS) is 12.1. The van der Waals surface area contributed by atoms with Crippen molar-refractivity contribution in [2.24, 2.45) is 5.92 Å². The number of hydrogen-bond acceptors (Lipinski definition) is 4. The maximum atomic E-state index is 14.6. The molecule has 2 amide bonds. The molecule has 0 aromatic heterocycles. The number of carbonyl (C=O) groups is 2. The summed E-state index contributed by atoms with van der Waals surface area (Å²) in [6.07, 6.45) is 0.275. The van der Waals surface area contributed by atoms with E-state index in [1.54, 1.807) is 36.4 Å². The Morgan fingerprint density at radius 3 is 1.93 bits per heavy atom. The van der Waals surface area contributed by atoms with Crippen molar-refractivity contribution >= 4 is 27.5 Å². The molecule has 242 valence electrons. The monoisotopic (exact) mass is 639 g/mol. The van der Waals surface area contributed by atoms with Crippen LogP contribution in [0.15, 0.2) is 102 Å². The predicted octanol–water partition coefficient (Wildman–Crippen LogP) is 6.53. The maximum Gasteiger partial charge on any atom is 0.264 e. The SMILES string of the molecule is Cc1ccc(CN(C(=O)CN(c2ccc(C)c(C)c2)S(=O)(=O)c2ccc(C)cc2)[C@H](Cc2ccccc2)C(=O)NCC(C)C)cc1. The van der Waals surface area contributed by atoms with Crippen molar-refractivity contribution in [2.75, 3.05) is 17.4 Å². The summed E-state index contributed by atoms with van der Waals surface area (Å²) in [6, 6.07) is 28.5. The van der Waals surface area contributed by atoms with Crippen molar-refractivity contribution in [2.45, 2.75) is 65.4 Å². The first kappa shape index (κ1) is 34.4. The molecule has 0 aliphatic carbocycles. The average Bonchev–Trinajstić information content (AvgIpc) is 3.03. The first-order chi connectivity index (χ1) is 21.8. The lowest BCUT2D eigenvalue weighted by atomic mass is 10.0. The maximum absolute atomic E-state index is 14.6. The van der Waals surface area contributed by atoms with Gasteiger partial charge in [-0.05, 0) is 80.1 Å². The molecule has 0 unspecified atom stereocenters. The van der Waals surface area contributed by atoms with E-state index in [2.05, 4.69) is 5.32 Å². The van der Waals surface area contributed by atoms with E-state index < -0.39 is 28.5 Å². The van der Waals surface area contributed by atoms with E-state index in [1.165, 1.54) is 9.21 Å². The summed E-state index contributed by atoms with van der Waals surface area (Å²) >= 11 is 0. The van der Waals surface area contributed by atoms with Gasteiger partial charge in [0.05, 0.1) is 10.6 Å². The number of benzene rings is 4. The molecule has 0 saturated carbocycles. The van der Waals surface area contributed by atoms with Gasteiger partial charge in [-0.15, -0.1) is 0 Å². The Hall–Kier alpha value is -4.43. The molecule has 0 saturated heterocycles. The molecular weight excluding hydrogens is 595 g/mol. The van der Waals surface area contributed by atoms with Gasteiger partial charge in [-0.2, -0.15) is 0 Å². The second kappa shape index (κ2) is 15.2. The van der Waals surface area contributed by atoms with Crippen molar-refractivity contribution in [1.29, 1.82) is 0 Å². The van der Waals surface area contributed by atoms with Gasteiger partial charge in [-0.3, -0.25) is 13.9 Å². The fourth-order valence-electron chi connectivity index (χ4n) is 5.11. The minimum absolute atomic E-state index is 0.0877. The first-order valence-electron chi connectivity index (χ1n) is 15.7. The Labute approximate surface area is 274 Å². The fourth-order valence-corrected chi connectivity index (χ4v) is 6.52. The molecule has 4 aromatic carbocycles. The lowest BCUT2D eigenvalue weighted by molar-refractivity contribution is -0.140. The highest BCUT2D eigenvalue weighted by Crippen LogP contribution is 2.27. The highest BCUT2D eigenvalue weighted by Gasteiger charge is 2.34. The van der Waals surface area contributed by atoms with Gasteiger partial charge in [0.25, 0.3) is 10.0 Å². The second-order valence-corrected chi connectivity index (χ2v) is 14.3. The number of hydrogen-bond donors (Lipinski definition) is 1. The first-order valence-corrected chi connectivity index (χ1v) is 17.1. The number of aryl methyl sites for hydroxylation is 4. The van der Waals surface area contributed by atoms with E-state index >= 15 is 0 Å². The van der Waals surface area contributed by atoms with Gasteiger partial charge >= 0.3 is 0 Å². The fraction of sp³-hybridized carbons (Fsp3) is 0.316. The Balaban J connectivity index is 1.81. The molecule has 0 fully saturated rings. The zero-order valence-corrected chi connectivity index (χ0v) is 28.5. The van der Waals surface area contributed by atoms with Crippen LogP contribution >= 0.6 is 0 Å². The minimum atomic E-state index is -4.15. The average molecular weight is 640 g/mol. The van der Waals surface area contributed by atoms with Crippen LogP contribution in [0.3, 0.4) is 0 Å². The molecular formula is C38H45N3O4S. The number of nitrogens with one attached hydrogen (secondary N) is 1. The van der Waals surface area contributed by atoms with Crippen LogP contribution in [0.2, 0.25) is 0 Å². The van der Waals surface area contributed by atoms with Gasteiger partial charge in [0.2, 0.25) is 11.8 Å². The topological polar surface area (TPSA) is 86.8 Å². The lowest BCUT2D eigenvalue weighted by Crippen LogP contribution is -2.53. The van der Waals surface area contributed by atoms with E-state index in [0.717, 1.165) is 33.4 Å². The van der Waals surface area contributed by atoms with Gasteiger partial charge in [0.15, 0.2) is 0 Å². The zero-order valence-electron chi connectivity index (χ0n) is 27.7. The van der Waals surface area contributed by atoms with Crippen molar-refractivity contribution < 1.29 is 18.0 Å². The van der Waals surface area contributed by atoms with Crippen LogP contribution in [0.5, 0.6) is 0 Å². The van der Waals surface area contributed by atoms with Gasteiger partial charge in [-0.1, -0.05) is 97.8 Å². The number of sulfonamides is 1. The van der Waals surface area contributed by atoms with Crippen LogP contribution in [0.25, 0.3) is 0 Å². The number of carbonyl (C=O) groups excluding carboxylic acids is 2. The summed E-state index contributed by atoms with van der Waals surface area (Å²) in [5.74, 6) is -0.547. The highest BCUT2D eigenvalue weighted by atomic mass is 32.2. The number of anilines is 1. The van der Waals surface area contributed by atoms with E-state index in [9.17, 15) is 18.0 Å². The largest absolute Gasteiger partial charge is 0.354 e. The molecule has 7 nitrogen and oxygen atoms in total. The molecule has 1 N–H and O–H groups in total. The molecule has 8 heteroatoms. The summed E-state index contributed by atoms with van der Waals surface area (Å²) in [6.45, 7) is 11.9. The second-order valence-electron chi connectivity index (χ2n) is 12.4. The van der Waals surface area contributed by atoms with Crippen molar-refractivity contribution in [3.8, 4) is 0 Å². The van der Waals surface area contributed by atoms with E-state index in [-0.39, 0.29) is 29.7 Å². The predicted molar refractivity (Wildman–Crippen MR) is 185 cm³/mol. The molecule has 0 heterocycles. The highest BCUT2D eigenvalue weighted by molar-refractivity contribution is 7.92. The minimum Gasteiger partial charge on any atom is -0.354 e. The summed E-state index contributed by atoms with van der Waals surface area (Å²) in [5.41, 5.74) is 6.03. The lowest BCUT2D eigenvalue weighted by Gasteiger charge is -2.34. The summed E-state index contributed by atoms with van der Waals surface area (Å²) in [7, 11) is -4.15. The quantitative estimate of drug-likeness (QED) is 0.180. The van der Waals surface area contributed by atoms with E-state index in [1.807, 2.05) is 102 Å². The third kappa shape index (κ3) is 8.85. The molecule has 1 atom stereocenters. The summed E-state index contributed by atoms with van der Waals surface area (Å²) < 4.78 is 29.7. The van der Waals surface area contributed by atoms with Crippen LogP contribution in [0.1, 0.15) is 47.2 Å².